The van der Waals surface area contributed by atoms with Crippen molar-refractivity contribution in [3.63, 3.8) is 0 Å². The van der Waals surface area contributed by atoms with Crippen LogP contribution in [0.5, 0.6) is 0 Å². The van der Waals surface area contributed by atoms with Crippen LogP contribution >= 0.6 is 11.6 Å². The maximum absolute atomic E-state index is 13.8. The summed E-state index contributed by atoms with van der Waals surface area (Å²) in [5, 5.41) is 5.41. The summed E-state index contributed by atoms with van der Waals surface area (Å²) in [6.45, 7) is 8.76. The first-order valence-electron chi connectivity index (χ1n) is 14.1. The molecule has 2 aromatic heterocycles. The average molecular weight is 563 g/mol. The minimum absolute atomic E-state index is 0.0301. The van der Waals surface area contributed by atoms with Gasteiger partial charge in [0.2, 0.25) is 5.91 Å². The van der Waals surface area contributed by atoms with Gasteiger partial charge in [-0.15, -0.1) is 0 Å². The average Bonchev–Trinajstić information content (AvgIpc) is 3.32. The number of morpholine rings is 2. The van der Waals surface area contributed by atoms with Gasteiger partial charge < -0.3 is 19.2 Å². The van der Waals surface area contributed by atoms with E-state index in [4.69, 9.17) is 21.1 Å². The van der Waals surface area contributed by atoms with E-state index < -0.39 is 0 Å². The van der Waals surface area contributed by atoms with Crippen LogP contribution in [0.4, 0.5) is 0 Å². The molecule has 4 aromatic rings. The van der Waals surface area contributed by atoms with Crippen LogP contribution in [0.3, 0.4) is 0 Å². The van der Waals surface area contributed by atoms with Gasteiger partial charge >= 0.3 is 0 Å². The summed E-state index contributed by atoms with van der Waals surface area (Å²) in [5.41, 5.74) is 4.68. The largest absolute Gasteiger partial charge is 0.379 e. The van der Waals surface area contributed by atoms with Crippen molar-refractivity contribution in [3.05, 3.63) is 86.3 Å². The van der Waals surface area contributed by atoms with E-state index in [0.717, 1.165) is 94.1 Å². The molecule has 4 heterocycles. The molecule has 210 valence electrons. The van der Waals surface area contributed by atoms with Crippen molar-refractivity contribution in [1.82, 2.24) is 19.5 Å². The number of pyridine rings is 1. The Balaban J connectivity index is 1.29. The minimum Gasteiger partial charge on any atom is -0.379 e. The first-order valence-corrected chi connectivity index (χ1v) is 14.4. The van der Waals surface area contributed by atoms with Crippen molar-refractivity contribution in [1.29, 1.82) is 0 Å². The van der Waals surface area contributed by atoms with Crippen LogP contribution in [-0.2, 0) is 40.2 Å². The maximum Gasteiger partial charge on any atom is 0.224 e. The zero-order chi connectivity index (χ0) is 27.5. The SMILES string of the molecule is O=C(Cc1cn2cc(CCN3CCOCC3)c3cc(CN4CCOCC4)cc(c1=O)c32)NCc1ccc(Cl)cc1. The summed E-state index contributed by atoms with van der Waals surface area (Å²) in [5.74, 6) is -0.182. The fourth-order valence-corrected chi connectivity index (χ4v) is 5.90. The van der Waals surface area contributed by atoms with Gasteiger partial charge in [-0.25, -0.2) is 0 Å². The van der Waals surface area contributed by atoms with Gasteiger partial charge in [-0.05, 0) is 47.4 Å². The second-order valence-corrected chi connectivity index (χ2v) is 11.2. The fourth-order valence-electron chi connectivity index (χ4n) is 5.77. The molecule has 2 aliphatic heterocycles. The van der Waals surface area contributed by atoms with Gasteiger partial charge in [0.25, 0.3) is 0 Å². The highest BCUT2D eigenvalue weighted by atomic mass is 35.5. The summed E-state index contributed by atoms with van der Waals surface area (Å²) in [4.78, 5) is 31.5. The highest BCUT2D eigenvalue weighted by molar-refractivity contribution is 6.30. The molecule has 0 unspecified atom stereocenters. The molecule has 40 heavy (non-hydrogen) atoms. The van der Waals surface area contributed by atoms with Crippen molar-refractivity contribution >= 4 is 33.8 Å². The highest BCUT2D eigenvalue weighted by Gasteiger charge is 2.20. The van der Waals surface area contributed by atoms with Crippen molar-refractivity contribution in [2.75, 3.05) is 59.2 Å². The molecule has 1 amide bonds. The summed E-state index contributed by atoms with van der Waals surface area (Å²) in [6, 6.07) is 11.7. The summed E-state index contributed by atoms with van der Waals surface area (Å²) in [6.07, 6.45) is 4.91. The summed E-state index contributed by atoms with van der Waals surface area (Å²) in [7, 11) is 0. The standard InChI is InChI=1S/C31H35ClN4O4/c32-26-3-1-22(2-4-26)18-33-29(37)17-25-21-36-20-24(5-6-34-7-11-39-12-8-34)27-15-23(16-28(30(27)36)31(25)38)19-35-9-13-40-14-10-35/h1-4,15-16,20-21H,5-14,17-19H2,(H,33,37). The number of nitrogens with one attached hydrogen (secondary N) is 1. The lowest BCUT2D eigenvalue weighted by molar-refractivity contribution is -0.120. The molecule has 2 fully saturated rings. The second-order valence-electron chi connectivity index (χ2n) is 10.8. The number of carbonyl (C=O) groups is 1. The zero-order valence-corrected chi connectivity index (χ0v) is 23.4. The van der Waals surface area contributed by atoms with E-state index in [1.807, 2.05) is 24.4 Å². The molecule has 2 saturated heterocycles. The van der Waals surface area contributed by atoms with Gasteiger partial charge in [0.15, 0.2) is 5.43 Å². The molecule has 0 bridgehead atoms. The zero-order valence-electron chi connectivity index (χ0n) is 22.7. The van der Waals surface area contributed by atoms with Gasteiger partial charge in [0.05, 0.1) is 38.4 Å². The molecule has 8 nitrogen and oxygen atoms in total. The highest BCUT2D eigenvalue weighted by Crippen LogP contribution is 2.28. The molecule has 0 radical (unpaired) electrons. The predicted octanol–water partition coefficient (Wildman–Crippen LogP) is 3.11. The van der Waals surface area contributed by atoms with Crippen LogP contribution in [0.15, 0.2) is 53.6 Å². The van der Waals surface area contributed by atoms with E-state index in [2.05, 4.69) is 31.8 Å². The minimum atomic E-state index is -0.182. The number of nitrogens with zero attached hydrogens (tertiary/aromatic N) is 3. The Morgan fingerprint density at radius 1 is 0.850 bits per heavy atom. The lowest BCUT2D eigenvalue weighted by Crippen LogP contribution is -2.37. The Bertz CT molecular complexity index is 1520. The third kappa shape index (κ3) is 6.16. The Hall–Kier alpha value is -3.01. The number of carbonyl (C=O) groups excluding carboxylic acids is 1. The van der Waals surface area contributed by atoms with Crippen LogP contribution in [0.25, 0.3) is 16.3 Å². The number of ether oxygens (including phenoxy) is 2. The molecule has 0 aliphatic carbocycles. The van der Waals surface area contributed by atoms with Gasteiger partial charge in [-0.1, -0.05) is 23.7 Å². The molecule has 2 aromatic carbocycles. The second kappa shape index (κ2) is 12.2. The van der Waals surface area contributed by atoms with Crippen LogP contribution < -0.4 is 10.7 Å². The topological polar surface area (TPSA) is 75.5 Å². The van der Waals surface area contributed by atoms with Gasteiger partial charge in [0.1, 0.15) is 0 Å². The van der Waals surface area contributed by atoms with Crippen molar-refractivity contribution in [2.45, 2.75) is 25.9 Å². The molecular weight excluding hydrogens is 528 g/mol. The first-order chi connectivity index (χ1) is 19.5. The number of aromatic nitrogens is 1. The van der Waals surface area contributed by atoms with E-state index in [1.165, 1.54) is 5.56 Å². The quantitative estimate of drug-likeness (QED) is 0.338. The summed E-state index contributed by atoms with van der Waals surface area (Å²) >= 11 is 5.97. The van der Waals surface area contributed by atoms with Crippen LogP contribution in [0, 0.1) is 0 Å². The fraction of sp³-hybridized carbons (Fsp3) is 0.419. The maximum atomic E-state index is 13.8. The molecule has 0 saturated carbocycles. The lowest BCUT2D eigenvalue weighted by atomic mass is 10.0. The number of halogens is 1. The Labute approximate surface area is 238 Å². The Kier molecular flexibility index (Phi) is 8.32. The number of rotatable bonds is 9. The third-order valence-corrected chi connectivity index (χ3v) is 8.22. The van der Waals surface area contributed by atoms with Crippen molar-refractivity contribution < 1.29 is 14.3 Å². The Morgan fingerprint density at radius 3 is 2.23 bits per heavy atom. The summed E-state index contributed by atoms with van der Waals surface area (Å²) < 4.78 is 13.1. The number of hydrogen-bond acceptors (Lipinski definition) is 6. The first kappa shape index (κ1) is 27.2. The molecule has 6 rings (SSSR count). The van der Waals surface area contributed by atoms with E-state index in [1.54, 1.807) is 12.1 Å². The molecule has 0 spiro atoms. The molecule has 1 N–H and O–H groups in total. The van der Waals surface area contributed by atoms with Gasteiger partial charge in [0, 0.05) is 79.6 Å². The number of amides is 1. The van der Waals surface area contributed by atoms with E-state index in [9.17, 15) is 9.59 Å². The van der Waals surface area contributed by atoms with Crippen LogP contribution in [0.1, 0.15) is 22.3 Å². The number of benzene rings is 2. The Morgan fingerprint density at radius 2 is 1.50 bits per heavy atom. The molecule has 9 heteroatoms. The predicted molar refractivity (Wildman–Crippen MR) is 156 cm³/mol. The molecule has 2 aliphatic rings. The van der Waals surface area contributed by atoms with E-state index >= 15 is 0 Å². The normalized spacial score (nSPS) is 17.1. The van der Waals surface area contributed by atoms with Gasteiger partial charge in [-0.3, -0.25) is 19.4 Å². The van der Waals surface area contributed by atoms with Crippen molar-refractivity contribution in [3.8, 4) is 0 Å². The molecule has 0 atom stereocenters. The number of hydrogen-bond donors (Lipinski definition) is 1. The lowest BCUT2D eigenvalue weighted by Gasteiger charge is -2.27. The van der Waals surface area contributed by atoms with Crippen LogP contribution in [-0.4, -0.2) is 79.3 Å². The van der Waals surface area contributed by atoms with E-state index in [0.29, 0.717) is 22.5 Å². The smallest absolute Gasteiger partial charge is 0.224 e. The van der Waals surface area contributed by atoms with E-state index in [-0.39, 0.29) is 17.8 Å². The monoisotopic (exact) mass is 562 g/mol. The van der Waals surface area contributed by atoms with Crippen LogP contribution in [0.2, 0.25) is 5.02 Å². The molecular formula is C31H35ClN4O4. The van der Waals surface area contributed by atoms with Gasteiger partial charge in [-0.2, -0.15) is 0 Å². The third-order valence-electron chi connectivity index (χ3n) is 7.96. The van der Waals surface area contributed by atoms with Crippen molar-refractivity contribution in [2.24, 2.45) is 0 Å².